The van der Waals surface area contributed by atoms with E-state index in [9.17, 15) is 9.59 Å². The van der Waals surface area contributed by atoms with E-state index >= 15 is 0 Å². The van der Waals surface area contributed by atoms with Gasteiger partial charge in [0.05, 0.1) is 12.2 Å². The minimum absolute atomic E-state index is 0.0165. The largest absolute Gasteiger partial charge is 0.378 e. The molecule has 0 saturated carbocycles. The van der Waals surface area contributed by atoms with E-state index in [0.29, 0.717) is 17.8 Å². The maximum absolute atomic E-state index is 13.0. The molecule has 1 fully saturated rings. The van der Waals surface area contributed by atoms with Crippen LogP contribution in [0, 0.1) is 0 Å². The number of hydrogen-bond donors (Lipinski definition) is 1. The van der Waals surface area contributed by atoms with Crippen LogP contribution < -0.4 is 10.2 Å². The van der Waals surface area contributed by atoms with E-state index in [2.05, 4.69) is 15.6 Å². The van der Waals surface area contributed by atoms with Gasteiger partial charge >= 0.3 is 0 Å². The van der Waals surface area contributed by atoms with Crippen LogP contribution in [-0.4, -0.2) is 64.9 Å². The zero-order chi connectivity index (χ0) is 20.3. The first kappa shape index (κ1) is 19.9. The fourth-order valence-corrected chi connectivity index (χ4v) is 3.35. The zero-order valence-electron chi connectivity index (χ0n) is 16.9. The Labute approximate surface area is 165 Å². The normalized spacial score (nSPS) is 16.9. The first-order chi connectivity index (χ1) is 13.3. The second kappa shape index (κ2) is 8.41. The topological polar surface area (TPSA) is 83.4 Å². The molecule has 0 unspecified atom stereocenters. The Kier molecular flexibility index (Phi) is 5.96. The molecule has 2 heterocycles. The third-order valence-electron chi connectivity index (χ3n) is 4.83. The first-order valence-electron chi connectivity index (χ1n) is 9.64. The maximum Gasteiger partial charge on any atom is 0.273 e. The van der Waals surface area contributed by atoms with Crippen molar-refractivity contribution >= 4 is 17.5 Å². The molecule has 1 aromatic heterocycles. The molecule has 1 atom stereocenters. The van der Waals surface area contributed by atoms with E-state index in [0.717, 1.165) is 25.1 Å². The average Bonchev–Trinajstić information content (AvgIpc) is 3.17. The highest BCUT2D eigenvalue weighted by atomic mass is 16.2. The number of amides is 2. The highest BCUT2D eigenvalue weighted by Crippen LogP contribution is 2.23. The van der Waals surface area contributed by atoms with Crippen LogP contribution in [0.1, 0.15) is 53.6 Å². The second-order valence-corrected chi connectivity index (χ2v) is 7.70. The summed E-state index contributed by atoms with van der Waals surface area (Å²) < 4.78 is 1.71. The van der Waals surface area contributed by atoms with Gasteiger partial charge in [-0.25, -0.2) is 4.68 Å². The molecular weight excluding hydrogens is 356 g/mol. The standard InChI is InChI=1S/C20H28N6O2/c1-14(2)21-19(27)18-13-26(23-22-18)17-9-6-10-25(12-17)20(28)15-7-5-8-16(11-15)24(3)4/h5,7-8,11,13-14,17H,6,9-10,12H2,1-4H3,(H,21,27)/t17-/m0/s1. The molecule has 1 aromatic carbocycles. The number of carbonyl (C=O) groups is 2. The van der Waals surface area contributed by atoms with Crippen LogP contribution in [0.2, 0.25) is 0 Å². The van der Waals surface area contributed by atoms with Gasteiger partial charge in [0.1, 0.15) is 0 Å². The molecular formula is C20H28N6O2. The molecule has 28 heavy (non-hydrogen) atoms. The molecule has 2 amide bonds. The van der Waals surface area contributed by atoms with Crippen LogP contribution in [0.5, 0.6) is 0 Å². The predicted molar refractivity (Wildman–Crippen MR) is 108 cm³/mol. The summed E-state index contributed by atoms with van der Waals surface area (Å²) in [5.74, 6) is -0.211. The van der Waals surface area contributed by atoms with E-state index < -0.39 is 0 Å². The van der Waals surface area contributed by atoms with Gasteiger partial charge in [-0.1, -0.05) is 11.3 Å². The number of likely N-dealkylation sites (tertiary alicyclic amines) is 1. The molecule has 1 aliphatic heterocycles. The van der Waals surface area contributed by atoms with Gasteiger partial charge in [0.25, 0.3) is 11.8 Å². The lowest BCUT2D eigenvalue weighted by atomic mass is 10.0. The SMILES string of the molecule is CC(C)NC(=O)c1cn([C@H]2CCCN(C(=O)c3cccc(N(C)C)c3)C2)nn1. The van der Waals surface area contributed by atoms with Crippen molar-refractivity contribution in [3.63, 3.8) is 0 Å². The molecule has 3 rings (SSSR count). The number of benzene rings is 1. The van der Waals surface area contributed by atoms with Crippen LogP contribution in [0.4, 0.5) is 5.69 Å². The van der Waals surface area contributed by atoms with Crippen LogP contribution >= 0.6 is 0 Å². The molecule has 8 heteroatoms. The van der Waals surface area contributed by atoms with Crippen molar-refractivity contribution in [2.75, 3.05) is 32.1 Å². The van der Waals surface area contributed by atoms with Gasteiger partial charge in [0.15, 0.2) is 5.69 Å². The molecule has 8 nitrogen and oxygen atoms in total. The van der Waals surface area contributed by atoms with Crippen molar-refractivity contribution in [3.8, 4) is 0 Å². The summed E-state index contributed by atoms with van der Waals surface area (Å²) in [4.78, 5) is 28.9. The molecule has 0 spiro atoms. The molecule has 150 valence electrons. The fourth-order valence-electron chi connectivity index (χ4n) is 3.35. The molecule has 0 radical (unpaired) electrons. The summed E-state index contributed by atoms with van der Waals surface area (Å²) in [5, 5.41) is 10.9. The van der Waals surface area contributed by atoms with E-state index in [4.69, 9.17) is 0 Å². The molecule has 0 aliphatic carbocycles. The number of anilines is 1. The minimum Gasteiger partial charge on any atom is -0.378 e. The first-order valence-corrected chi connectivity index (χ1v) is 9.64. The number of nitrogens with zero attached hydrogens (tertiary/aromatic N) is 5. The minimum atomic E-state index is -0.231. The average molecular weight is 384 g/mol. The van der Waals surface area contributed by atoms with Crippen LogP contribution in [0.25, 0.3) is 0 Å². The number of rotatable bonds is 5. The quantitative estimate of drug-likeness (QED) is 0.852. The Bertz CT molecular complexity index is 845. The number of hydrogen-bond acceptors (Lipinski definition) is 5. The number of carbonyl (C=O) groups excluding carboxylic acids is 2. The summed E-state index contributed by atoms with van der Waals surface area (Å²) in [6, 6.07) is 7.70. The lowest BCUT2D eigenvalue weighted by Gasteiger charge is -2.32. The van der Waals surface area contributed by atoms with Crippen molar-refractivity contribution in [2.24, 2.45) is 0 Å². The van der Waals surface area contributed by atoms with Gasteiger partial charge < -0.3 is 15.1 Å². The highest BCUT2D eigenvalue weighted by Gasteiger charge is 2.27. The van der Waals surface area contributed by atoms with Gasteiger partial charge in [-0.05, 0) is 44.9 Å². The lowest BCUT2D eigenvalue weighted by Crippen LogP contribution is -2.41. The summed E-state index contributed by atoms with van der Waals surface area (Å²) in [6.45, 7) is 5.08. The summed E-state index contributed by atoms with van der Waals surface area (Å²) in [5.41, 5.74) is 1.98. The van der Waals surface area contributed by atoms with Crippen molar-refractivity contribution < 1.29 is 9.59 Å². The van der Waals surface area contributed by atoms with E-state index in [1.807, 2.05) is 62.0 Å². The molecule has 1 saturated heterocycles. The third-order valence-corrected chi connectivity index (χ3v) is 4.83. The summed E-state index contributed by atoms with van der Waals surface area (Å²) in [6.07, 6.45) is 3.45. The molecule has 0 bridgehead atoms. The Morgan fingerprint density at radius 3 is 2.79 bits per heavy atom. The number of nitrogens with one attached hydrogen (secondary N) is 1. The number of piperidine rings is 1. The highest BCUT2D eigenvalue weighted by molar-refractivity contribution is 5.95. The Morgan fingerprint density at radius 2 is 2.07 bits per heavy atom. The van der Waals surface area contributed by atoms with E-state index in [1.54, 1.807) is 10.9 Å². The van der Waals surface area contributed by atoms with Crippen molar-refractivity contribution in [1.82, 2.24) is 25.2 Å². The van der Waals surface area contributed by atoms with Crippen molar-refractivity contribution in [2.45, 2.75) is 38.8 Å². The van der Waals surface area contributed by atoms with Crippen molar-refractivity contribution in [1.29, 1.82) is 0 Å². The monoisotopic (exact) mass is 384 g/mol. The summed E-state index contributed by atoms with van der Waals surface area (Å²) >= 11 is 0. The summed E-state index contributed by atoms with van der Waals surface area (Å²) in [7, 11) is 3.91. The van der Waals surface area contributed by atoms with Crippen molar-refractivity contribution in [3.05, 3.63) is 41.7 Å². The van der Waals surface area contributed by atoms with Crippen LogP contribution in [-0.2, 0) is 0 Å². The predicted octanol–water partition coefficient (Wildman–Crippen LogP) is 1.96. The maximum atomic E-state index is 13.0. The number of aromatic nitrogens is 3. The molecule has 2 aromatic rings. The van der Waals surface area contributed by atoms with Gasteiger partial charge in [-0.2, -0.15) is 0 Å². The molecule has 1 N–H and O–H groups in total. The van der Waals surface area contributed by atoms with Gasteiger partial charge in [0, 0.05) is 44.5 Å². The van der Waals surface area contributed by atoms with E-state index in [1.165, 1.54) is 0 Å². The van der Waals surface area contributed by atoms with Crippen LogP contribution in [0.15, 0.2) is 30.5 Å². The Balaban J connectivity index is 1.70. The van der Waals surface area contributed by atoms with Crippen LogP contribution in [0.3, 0.4) is 0 Å². The van der Waals surface area contributed by atoms with E-state index in [-0.39, 0.29) is 23.9 Å². The van der Waals surface area contributed by atoms with Gasteiger partial charge in [-0.15, -0.1) is 5.10 Å². The Morgan fingerprint density at radius 1 is 1.29 bits per heavy atom. The fraction of sp³-hybridized carbons (Fsp3) is 0.500. The second-order valence-electron chi connectivity index (χ2n) is 7.70. The molecule has 1 aliphatic rings. The smallest absolute Gasteiger partial charge is 0.273 e. The Hall–Kier alpha value is -2.90. The lowest BCUT2D eigenvalue weighted by molar-refractivity contribution is 0.0671. The third kappa shape index (κ3) is 4.49. The van der Waals surface area contributed by atoms with Gasteiger partial charge in [-0.3, -0.25) is 9.59 Å². The zero-order valence-corrected chi connectivity index (χ0v) is 16.9. The van der Waals surface area contributed by atoms with Gasteiger partial charge in [0.2, 0.25) is 0 Å².